The third-order valence-corrected chi connectivity index (χ3v) is 3.02. The lowest BCUT2D eigenvalue weighted by Crippen LogP contribution is -1.92. The number of hydrogen-bond donors (Lipinski definition) is 0. The van der Waals surface area contributed by atoms with Crippen LogP contribution >= 0.6 is 0 Å². The quantitative estimate of drug-likeness (QED) is 0.619. The zero-order chi connectivity index (χ0) is 13.8. The Morgan fingerprint density at radius 2 is 1.95 bits per heavy atom. The number of ketones is 1. The van der Waals surface area contributed by atoms with Crippen molar-refractivity contribution in [1.29, 1.82) is 0 Å². The molecule has 0 aliphatic carbocycles. The van der Waals surface area contributed by atoms with Gasteiger partial charge in [-0.3, -0.25) is 9.48 Å². The highest BCUT2D eigenvalue weighted by Crippen LogP contribution is 2.15. The molecule has 1 aromatic heterocycles. The van der Waals surface area contributed by atoms with E-state index in [9.17, 15) is 4.79 Å². The molecule has 1 heterocycles. The van der Waals surface area contributed by atoms with Crippen molar-refractivity contribution in [3.8, 4) is 0 Å². The number of aromatic nitrogens is 2. The predicted octanol–water partition coefficient (Wildman–Crippen LogP) is 3.44. The number of nitrogens with zero attached hydrogens (tertiary/aromatic N) is 2. The summed E-state index contributed by atoms with van der Waals surface area (Å²) in [5, 5.41) is 3.99. The summed E-state index contributed by atoms with van der Waals surface area (Å²) < 4.78 is 1.62. The van der Waals surface area contributed by atoms with E-state index in [0.717, 1.165) is 5.56 Å². The highest BCUT2D eigenvalue weighted by Gasteiger charge is 2.03. The summed E-state index contributed by atoms with van der Waals surface area (Å²) in [4.78, 5) is 11.9. The number of carbonyl (C=O) groups excluding carboxylic acids is 1. The van der Waals surface area contributed by atoms with Crippen molar-refractivity contribution in [1.82, 2.24) is 9.78 Å². The van der Waals surface area contributed by atoms with E-state index in [2.05, 4.69) is 31.1 Å². The van der Waals surface area contributed by atoms with Crippen LogP contribution in [0, 0.1) is 0 Å². The van der Waals surface area contributed by atoms with Gasteiger partial charge in [0.15, 0.2) is 5.78 Å². The van der Waals surface area contributed by atoms with Gasteiger partial charge in [-0.15, -0.1) is 0 Å². The summed E-state index contributed by atoms with van der Waals surface area (Å²) in [5.41, 5.74) is 2.94. The van der Waals surface area contributed by atoms with Crippen molar-refractivity contribution >= 4 is 11.9 Å². The molecule has 0 aliphatic rings. The van der Waals surface area contributed by atoms with Crippen molar-refractivity contribution in [2.75, 3.05) is 0 Å². The third kappa shape index (κ3) is 3.41. The molecule has 0 atom stereocenters. The highest BCUT2D eigenvalue weighted by atomic mass is 16.1. The van der Waals surface area contributed by atoms with Gasteiger partial charge in [-0.05, 0) is 23.1 Å². The van der Waals surface area contributed by atoms with Gasteiger partial charge in [0, 0.05) is 13.2 Å². The Labute approximate surface area is 113 Å². The molecule has 0 unspecified atom stereocenters. The first kappa shape index (κ1) is 13.3. The molecule has 0 saturated heterocycles. The van der Waals surface area contributed by atoms with Crippen LogP contribution in [0.25, 0.3) is 6.08 Å². The molecule has 2 rings (SSSR count). The molecular formula is C16H18N2O. The Morgan fingerprint density at radius 1 is 1.26 bits per heavy atom. The lowest BCUT2D eigenvalue weighted by molar-refractivity contribution is 0.104. The van der Waals surface area contributed by atoms with Crippen LogP contribution in [0.15, 0.2) is 42.7 Å². The van der Waals surface area contributed by atoms with Gasteiger partial charge >= 0.3 is 0 Å². The SMILES string of the molecule is CC(C)c1ccc(/C=C/C(=O)c2cnn(C)c2)cc1. The summed E-state index contributed by atoms with van der Waals surface area (Å²) in [7, 11) is 1.80. The van der Waals surface area contributed by atoms with Crippen LogP contribution in [0.1, 0.15) is 41.3 Å². The topological polar surface area (TPSA) is 34.9 Å². The second-order valence-electron chi connectivity index (χ2n) is 4.92. The molecule has 98 valence electrons. The van der Waals surface area contributed by atoms with Crippen LogP contribution in [0.2, 0.25) is 0 Å². The summed E-state index contributed by atoms with van der Waals surface area (Å²) in [6.07, 6.45) is 6.71. The van der Waals surface area contributed by atoms with Crippen molar-refractivity contribution in [2.24, 2.45) is 7.05 Å². The molecule has 0 amide bonds. The fraction of sp³-hybridized carbons (Fsp3) is 0.250. The molecule has 0 fully saturated rings. The molecule has 1 aromatic carbocycles. The van der Waals surface area contributed by atoms with Crippen molar-refractivity contribution < 1.29 is 4.79 Å². The van der Waals surface area contributed by atoms with E-state index in [1.807, 2.05) is 18.2 Å². The van der Waals surface area contributed by atoms with Crippen LogP contribution in [0.5, 0.6) is 0 Å². The second kappa shape index (κ2) is 5.65. The molecule has 0 bridgehead atoms. The first-order valence-corrected chi connectivity index (χ1v) is 6.37. The second-order valence-corrected chi connectivity index (χ2v) is 4.92. The molecular weight excluding hydrogens is 236 g/mol. The maximum absolute atomic E-state index is 11.9. The van der Waals surface area contributed by atoms with Gasteiger partial charge in [-0.2, -0.15) is 5.10 Å². The largest absolute Gasteiger partial charge is 0.289 e. The molecule has 2 aromatic rings. The average Bonchev–Trinajstić information content (AvgIpc) is 2.83. The minimum absolute atomic E-state index is 0.0268. The molecule has 0 N–H and O–H groups in total. The lowest BCUT2D eigenvalue weighted by atomic mass is 10.0. The van der Waals surface area contributed by atoms with Crippen LogP contribution in [-0.2, 0) is 7.05 Å². The number of carbonyl (C=O) groups is 1. The normalized spacial score (nSPS) is 11.4. The van der Waals surface area contributed by atoms with Crippen molar-refractivity contribution in [2.45, 2.75) is 19.8 Å². The summed E-state index contributed by atoms with van der Waals surface area (Å²) >= 11 is 0. The monoisotopic (exact) mass is 254 g/mol. The zero-order valence-corrected chi connectivity index (χ0v) is 11.5. The van der Waals surface area contributed by atoms with E-state index in [4.69, 9.17) is 0 Å². The average molecular weight is 254 g/mol. The van der Waals surface area contributed by atoms with Crippen LogP contribution in [-0.4, -0.2) is 15.6 Å². The van der Waals surface area contributed by atoms with Gasteiger partial charge in [-0.25, -0.2) is 0 Å². The van der Waals surface area contributed by atoms with E-state index in [1.54, 1.807) is 30.2 Å². The van der Waals surface area contributed by atoms with E-state index >= 15 is 0 Å². The summed E-state index contributed by atoms with van der Waals surface area (Å²) in [5.74, 6) is 0.496. The molecule has 0 spiro atoms. The molecule has 3 heteroatoms. The van der Waals surface area contributed by atoms with Gasteiger partial charge in [0.1, 0.15) is 0 Å². The summed E-state index contributed by atoms with van der Waals surface area (Å²) in [6, 6.07) is 8.25. The predicted molar refractivity (Wildman–Crippen MR) is 77.1 cm³/mol. The first-order chi connectivity index (χ1) is 9.06. The number of aryl methyl sites for hydroxylation is 1. The maximum atomic E-state index is 11.9. The lowest BCUT2D eigenvalue weighted by Gasteiger charge is -2.04. The zero-order valence-electron chi connectivity index (χ0n) is 11.5. The molecule has 0 saturated carbocycles. The van der Waals surface area contributed by atoms with Gasteiger partial charge in [-0.1, -0.05) is 44.2 Å². The van der Waals surface area contributed by atoms with Crippen LogP contribution < -0.4 is 0 Å². The number of hydrogen-bond acceptors (Lipinski definition) is 2. The van der Waals surface area contributed by atoms with Crippen molar-refractivity contribution in [3.63, 3.8) is 0 Å². The van der Waals surface area contributed by atoms with Gasteiger partial charge in [0.2, 0.25) is 0 Å². The number of benzene rings is 1. The van der Waals surface area contributed by atoms with Gasteiger partial charge in [0.25, 0.3) is 0 Å². The van der Waals surface area contributed by atoms with Gasteiger partial charge < -0.3 is 0 Å². The number of allylic oxidation sites excluding steroid dienone is 1. The molecule has 0 aliphatic heterocycles. The van der Waals surface area contributed by atoms with Crippen molar-refractivity contribution in [3.05, 3.63) is 59.4 Å². The van der Waals surface area contributed by atoms with Gasteiger partial charge in [0.05, 0.1) is 11.8 Å². The number of rotatable bonds is 4. The Kier molecular flexibility index (Phi) is 3.95. The minimum Gasteiger partial charge on any atom is -0.289 e. The Hall–Kier alpha value is -2.16. The molecule has 3 nitrogen and oxygen atoms in total. The van der Waals surface area contributed by atoms with Crippen LogP contribution in [0.4, 0.5) is 0 Å². The highest BCUT2D eigenvalue weighted by molar-refractivity contribution is 6.06. The fourth-order valence-electron chi connectivity index (χ4n) is 1.81. The Bertz CT molecular complexity index is 591. The summed E-state index contributed by atoms with van der Waals surface area (Å²) in [6.45, 7) is 4.33. The maximum Gasteiger partial charge on any atom is 0.189 e. The van der Waals surface area contributed by atoms with E-state index < -0.39 is 0 Å². The van der Waals surface area contributed by atoms with E-state index in [-0.39, 0.29) is 5.78 Å². The van der Waals surface area contributed by atoms with E-state index in [0.29, 0.717) is 11.5 Å². The molecule has 0 radical (unpaired) electrons. The van der Waals surface area contributed by atoms with E-state index in [1.165, 1.54) is 5.56 Å². The van der Waals surface area contributed by atoms with Crippen LogP contribution in [0.3, 0.4) is 0 Å². The minimum atomic E-state index is -0.0268. The molecule has 19 heavy (non-hydrogen) atoms. The Balaban J connectivity index is 2.08. The fourth-order valence-corrected chi connectivity index (χ4v) is 1.81. The third-order valence-electron chi connectivity index (χ3n) is 3.02. The Morgan fingerprint density at radius 3 is 2.47 bits per heavy atom. The first-order valence-electron chi connectivity index (χ1n) is 6.37. The smallest absolute Gasteiger partial charge is 0.189 e. The standard InChI is InChI=1S/C16H18N2O/c1-12(2)14-7-4-13(5-8-14)6-9-16(19)15-10-17-18(3)11-15/h4-12H,1-3H3/b9-6+.